The van der Waals surface area contributed by atoms with Crippen LogP contribution in [-0.2, 0) is 23.1 Å². The molecule has 2 N–H and O–H groups in total. The van der Waals surface area contributed by atoms with Crippen LogP contribution in [0.5, 0.6) is 0 Å². The second-order valence-corrected chi connectivity index (χ2v) is 6.54. The minimum absolute atomic E-state index is 0.296. The third kappa shape index (κ3) is 3.86. The van der Waals surface area contributed by atoms with Crippen LogP contribution in [0.15, 0.2) is 47.5 Å². The summed E-state index contributed by atoms with van der Waals surface area (Å²) in [6.07, 6.45) is 2.65. The molecule has 21 heavy (non-hydrogen) atoms. The summed E-state index contributed by atoms with van der Waals surface area (Å²) in [5.41, 5.74) is 1.53. The van der Waals surface area contributed by atoms with Crippen LogP contribution in [0.25, 0.3) is 0 Å². The van der Waals surface area contributed by atoms with Gasteiger partial charge >= 0.3 is 0 Å². The Morgan fingerprint density at radius 2 is 1.90 bits per heavy atom. The molecule has 1 aromatic carbocycles. The van der Waals surface area contributed by atoms with Gasteiger partial charge in [-0.2, -0.15) is 0 Å². The highest BCUT2D eigenvalue weighted by Crippen LogP contribution is 2.19. The van der Waals surface area contributed by atoms with Gasteiger partial charge in [-0.05, 0) is 31.7 Å². The fourth-order valence-corrected chi connectivity index (χ4v) is 3.29. The lowest BCUT2D eigenvalue weighted by molar-refractivity contribution is 0.599. The normalized spacial score (nSPS) is 11.5. The zero-order valence-electron chi connectivity index (χ0n) is 12.3. The van der Waals surface area contributed by atoms with Crippen molar-refractivity contribution in [3.63, 3.8) is 0 Å². The maximum Gasteiger partial charge on any atom is 0.263 e. The largest absolute Gasteiger partial charge is 0.349 e. The second kappa shape index (κ2) is 6.78. The highest BCUT2D eigenvalue weighted by molar-refractivity contribution is 7.92. The first-order valence-corrected chi connectivity index (χ1v) is 8.46. The highest BCUT2D eigenvalue weighted by Gasteiger charge is 2.18. The molecule has 0 saturated heterocycles. The summed E-state index contributed by atoms with van der Waals surface area (Å²) < 4.78 is 29.4. The summed E-state index contributed by atoms with van der Waals surface area (Å²) in [7, 11) is -1.70. The Kier molecular flexibility index (Phi) is 5.03. The molecular formula is C15H21N3O2S. The van der Waals surface area contributed by atoms with E-state index in [9.17, 15) is 8.42 Å². The maximum absolute atomic E-state index is 12.4. The van der Waals surface area contributed by atoms with Gasteiger partial charge in [0.25, 0.3) is 10.0 Å². The van der Waals surface area contributed by atoms with E-state index >= 15 is 0 Å². The Morgan fingerprint density at radius 1 is 1.19 bits per heavy atom. The predicted octanol–water partition coefficient (Wildman–Crippen LogP) is 2.42. The molecule has 0 atom stereocenters. The van der Waals surface area contributed by atoms with Crippen molar-refractivity contribution in [1.29, 1.82) is 0 Å². The number of nitrogens with one attached hydrogen (secondary N) is 2. The molecule has 0 aliphatic carbocycles. The number of anilines is 1. The first-order valence-electron chi connectivity index (χ1n) is 6.98. The standard InChI is InChI=1S/C15H21N3O2S/c1-3-9-18-12-15(10-14(18)11-16-2)21(19,20)17-13-7-5-4-6-8-13/h4-8,10,12,16-17H,3,9,11H2,1-2H3. The van der Waals surface area contributed by atoms with Crippen molar-refractivity contribution in [2.45, 2.75) is 31.3 Å². The lowest BCUT2D eigenvalue weighted by atomic mass is 10.3. The van der Waals surface area contributed by atoms with Crippen molar-refractivity contribution in [1.82, 2.24) is 9.88 Å². The van der Waals surface area contributed by atoms with E-state index in [2.05, 4.69) is 17.0 Å². The van der Waals surface area contributed by atoms with Crippen molar-refractivity contribution < 1.29 is 8.42 Å². The number of aryl methyl sites for hydroxylation is 1. The molecule has 0 fully saturated rings. The van der Waals surface area contributed by atoms with Crippen molar-refractivity contribution >= 4 is 15.7 Å². The van der Waals surface area contributed by atoms with E-state index in [1.165, 1.54) is 0 Å². The minimum Gasteiger partial charge on any atom is -0.349 e. The molecule has 5 nitrogen and oxygen atoms in total. The number of rotatable bonds is 7. The van der Waals surface area contributed by atoms with Gasteiger partial charge in [-0.3, -0.25) is 4.72 Å². The molecule has 0 aliphatic heterocycles. The second-order valence-electron chi connectivity index (χ2n) is 4.86. The monoisotopic (exact) mass is 307 g/mol. The fourth-order valence-electron chi connectivity index (χ4n) is 2.17. The lowest BCUT2D eigenvalue weighted by Gasteiger charge is -2.06. The van der Waals surface area contributed by atoms with Gasteiger partial charge in [0.15, 0.2) is 0 Å². The van der Waals surface area contributed by atoms with Gasteiger partial charge in [-0.1, -0.05) is 25.1 Å². The summed E-state index contributed by atoms with van der Waals surface area (Å²) in [5, 5.41) is 3.06. The van der Waals surface area contributed by atoms with Crippen LogP contribution in [-0.4, -0.2) is 20.0 Å². The van der Waals surface area contributed by atoms with Gasteiger partial charge in [0.05, 0.1) is 0 Å². The molecule has 0 aliphatic rings. The number of nitrogens with zero attached hydrogens (tertiary/aromatic N) is 1. The van der Waals surface area contributed by atoms with Crippen molar-refractivity contribution in [2.24, 2.45) is 0 Å². The predicted molar refractivity (Wildman–Crippen MR) is 84.7 cm³/mol. The first kappa shape index (κ1) is 15.6. The topological polar surface area (TPSA) is 63.1 Å². The average Bonchev–Trinajstić information content (AvgIpc) is 2.85. The van der Waals surface area contributed by atoms with Crippen molar-refractivity contribution in [2.75, 3.05) is 11.8 Å². The summed E-state index contributed by atoms with van der Waals surface area (Å²) in [5.74, 6) is 0. The van der Waals surface area contributed by atoms with Gasteiger partial charge in [0, 0.05) is 30.7 Å². The summed E-state index contributed by atoms with van der Waals surface area (Å²) in [6.45, 7) is 3.51. The van der Waals surface area contributed by atoms with Crippen LogP contribution in [0.1, 0.15) is 19.0 Å². The van der Waals surface area contributed by atoms with Crippen LogP contribution in [0.3, 0.4) is 0 Å². The van der Waals surface area contributed by atoms with E-state index in [4.69, 9.17) is 0 Å². The minimum atomic E-state index is -3.55. The zero-order valence-corrected chi connectivity index (χ0v) is 13.2. The van der Waals surface area contributed by atoms with E-state index in [-0.39, 0.29) is 0 Å². The molecule has 6 heteroatoms. The van der Waals surface area contributed by atoms with Crippen LogP contribution < -0.4 is 10.0 Å². The number of hydrogen-bond acceptors (Lipinski definition) is 3. The number of aromatic nitrogens is 1. The molecule has 2 rings (SSSR count). The van der Waals surface area contributed by atoms with Crippen LogP contribution in [0.4, 0.5) is 5.69 Å². The van der Waals surface area contributed by atoms with Gasteiger partial charge in [-0.15, -0.1) is 0 Å². The number of hydrogen-bond donors (Lipinski definition) is 2. The number of benzene rings is 1. The number of sulfonamides is 1. The molecule has 0 unspecified atom stereocenters. The summed E-state index contributed by atoms with van der Waals surface area (Å²) >= 11 is 0. The van der Waals surface area contributed by atoms with Crippen LogP contribution in [0, 0.1) is 0 Å². The smallest absolute Gasteiger partial charge is 0.263 e. The van der Waals surface area contributed by atoms with E-state index in [0.29, 0.717) is 17.1 Å². The summed E-state index contributed by atoms with van der Waals surface area (Å²) in [4.78, 5) is 0.296. The van der Waals surface area contributed by atoms with Gasteiger partial charge in [0.1, 0.15) is 4.90 Å². The lowest BCUT2D eigenvalue weighted by Crippen LogP contribution is -2.12. The first-order chi connectivity index (χ1) is 10.1. The Balaban J connectivity index is 2.29. The van der Waals surface area contributed by atoms with Crippen molar-refractivity contribution in [3.05, 3.63) is 48.3 Å². The molecule has 0 spiro atoms. The molecule has 0 amide bonds. The van der Waals surface area contributed by atoms with E-state index in [1.54, 1.807) is 36.5 Å². The number of para-hydroxylation sites is 1. The fraction of sp³-hybridized carbons (Fsp3) is 0.333. The molecule has 0 radical (unpaired) electrons. The SMILES string of the molecule is CCCn1cc(S(=O)(=O)Nc2ccccc2)cc1CNC. The molecule has 1 heterocycles. The Bertz CT molecular complexity index is 655. The molecule has 0 bridgehead atoms. The average molecular weight is 307 g/mol. The molecule has 0 saturated carbocycles. The van der Waals surface area contributed by atoms with Crippen LogP contribution in [0.2, 0.25) is 0 Å². The Labute approximate surface area is 126 Å². The molecule has 1 aromatic heterocycles. The third-order valence-corrected chi connectivity index (χ3v) is 4.47. The van der Waals surface area contributed by atoms with E-state index in [0.717, 1.165) is 18.7 Å². The third-order valence-electron chi connectivity index (χ3n) is 3.12. The van der Waals surface area contributed by atoms with Gasteiger partial charge in [-0.25, -0.2) is 8.42 Å². The molecule has 114 valence electrons. The van der Waals surface area contributed by atoms with E-state index < -0.39 is 10.0 Å². The van der Waals surface area contributed by atoms with Crippen LogP contribution >= 0.6 is 0 Å². The summed E-state index contributed by atoms with van der Waals surface area (Å²) in [6, 6.07) is 10.6. The molecule has 2 aromatic rings. The van der Waals surface area contributed by atoms with Crippen molar-refractivity contribution in [3.8, 4) is 0 Å². The van der Waals surface area contributed by atoms with Gasteiger partial charge in [0.2, 0.25) is 0 Å². The maximum atomic E-state index is 12.4. The molecular weight excluding hydrogens is 286 g/mol. The van der Waals surface area contributed by atoms with E-state index in [1.807, 2.05) is 17.7 Å². The highest BCUT2D eigenvalue weighted by atomic mass is 32.2. The zero-order chi connectivity index (χ0) is 15.3. The quantitative estimate of drug-likeness (QED) is 0.826. The Hall–Kier alpha value is -1.79. The van der Waals surface area contributed by atoms with Gasteiger partial charge < -0.3 is 9.88 Å². The Morgan fingerprint density at radius 3 is 2.52 bits per heavy atom.